The van der Waals surface area contributed by atoms with E-state index in [2.05, 4.69) is 10.4 Å². The zero-order valence-corrected chi connectivity index (χ0v) is 14.4. The second-order valence-corrected chi connectivity index (χ2v) is 5.93. The second-order valence-electron chi connectivity index (χ2n) is 5.52. The lowest BCUT2D eigenvalue weighted by molar-refractivity contribution is 0.101. The molecule has 0 fully saturated rings. The minimum atomic E-state index is -0.663. The van der Waals surface area contributed by atoms with Gasteiger partial charge in [-0.2, -0.15) is 5.10 Å². The normalized spacial score (nSPS) is 10.9. The Labute approximate surface area is 148 Å². The van der Waals surface area contributed by atoms with Gasteiger partial charge in [0.15, 0.2) is 5.69 Å². The average Bonchev–Trinajstić information content (AvgIpc) is 2.59. The van der Waals surface area contributed by atoms with Gasteiger partial charge in [0.2, 0.25) is 5.43 Å². The molecule has 3 rings (SSSR count). The molecule has 2 aromatic carbocycles. The number of hydrogen-bond acceptors (Lipinski definition) is 3. The third-order valence-electron chi connectivity index (χ3n) is 3.95. The van der Waals surface area contributed by atoms with Crippen molar-refractivity contribution in [3.05, 3.63) is 68.7 Å². The van der Waals surface area contributed by atoms with E-state index in [9.17, 15) is 14.0 Å². The second kappa shape index (κ2) is 6.64. The first-order valence-corrected chi connectivity index (χ1v) is 8.07. The smallest absolute Gasteiger partial charge is 0.280 e. The first-order valence-electron chi connectivity index (χ1n) is 7.69. The number of hydrogen-bond donors (Lipinski definition) is 1. The van der Waals surface area contributed by atoms with Gasteiger partial charge in [0.05, 0.1) is 10.9 Å². The van der Waals surface area contributed by atoms with Crippen molar-refractivity contribution in [3.63, 3.8) is 0 Å². The van der Waals surface area contributed by atoms with Crippen LogP contribution in [0.5, 0.6) is 0 Å². The number of carbonyl (C=O) groups excluding carboxylic acids is 1. The minimum absolute atomic E-state index is 0.116. The minimum Gasteiger partial charge on any atom is -0.320 e. The highest BCUT2D eigenvalue weighted by molar-refractivity contribution is 6.31. The van der Waals surface area contributed by atoms with Crippen molar-refractivity contribution in [1.82, 2.24) is 9.78 Å². The summed E-state index contributed by atoms with van der Waals surface area (Å²) in [5.74, 6) is -1.21. The highest BCUT2D eigenvalue weighted by atomic mass is 35.5. The molecule has 0 spiro atoms. The number of anilines is 1. The standard InChI is InChI=1S/C18H15ClFN3O2/c1-3-23-15-8-7-11(20)9-12(15)17(24)16(22-23)18(25)21-14-6-4-5-13(19)10(14)2/h4-9H,3H2,1-2H3,(H,21,25). The number of aryl methyl sites for hydroxylation is 1. The predicted molar refractivity (Wildman–Crippen MR) is 95.8 cm³/mol. The van der Waals surface area contributed by atoms with Gasteiger partial charge in [-0.25, -0.2) is 4.39 Å². The summed E-state index contributed by atoms with van der Waals surface area (Å²) in [7, 11) is 0. The van der Waals surface area contributed by atoms with Gasteiger partial charge in [-0.1, -0.05) is 17.7 Å². The third kappa shape index (κ3) is 3.13. The first kappa shape index (κ1) is 17.1. The average molecular weight is 360 g/mol. The number of nitrogens with one attached hydrogen (secondary N) is 1. The summed E-state index contributed by atoms with van der Waals surface area (Å²) < 4.78 is 15.0. The van der Waals surface area contributed by atoms with E-state index >= 15 is 0 Å². The van der Waals surface area contributed by atoms with E-state index in [1.54, 1.807) is 25.1 Å². The summed E-state index contributed by atoms with van der Waals surface area (Å²) >= 11 is 6.04. The number of carbonyl (C=O) groups is 1. The highest BCUT2D eigenvalue weighted by Crippen LogP contribution is 2.23. The highest BCUT2D eigenvalue weighted by Gasteiger charge is 2.18. The van der Waals surface area contributed by atoms with E-state index in [4.69, 9.17) is 11.6 Å². The molecule has 1 heterocycles. The fourth-order valence-electron chi connectivity index (χ4n) is 2.58. The van der Waals surface area contributed by atoms with Gasteiger partial charge in [-0.3, -0.25) is 14.3 Å². The Hall–Kier alpha value is -2.73. The van der Waals surface area contributed by atoms with Crippen LogP contribution in [0.4, 0.5) is 10.1 Å². The number of amides is 1. The van der Waals surface area contributed by atoms with Crippen LogP contribution in [0.15, 0.2) is 41.2 Å². The molecule has 128 valence electrons. The van der Waals surface area contributed by atoms with Crippen LogP contribution >= 0.6 is 11.6 Å². The Morgan fingerprint density at radius 3 is 2.80 bits per heavy atom. The molecule has 25 heavy (non-hydrogen) atoms. The van der Waals surface area contributed by atoms with Crippen LogP contribution < -0.4 is 10.7 Å². The van der Waals surface area contributed by atoms with E-state index in [0.29, 0.717) is 28.3 Å². The van der Waals surface area contributed by atoms with Crippen LogP contribution in [-0.4, -0.2) is 15.7 Å². The van der Waals surface area contributed by atoms with Crippen LogP contribution in [0, 0.1) is 12.7 Å². The van der Waals surface area contributed by atoms with E-state index in [1.807, 2.05) is 6.92 Å². The molecule has 7 heteroatoms. The Balaban J connectivity index is 2.11. The van der Waals surface area contributed by atoms with Gasteiger partial charge in [-0.05, 0) is 49.7 Å². The lowest BCUT2D eigenvalue weighted by atomic mass is 10.1. The monoisotopic (exact) mass is 359 g/mol. The number of rotatable bonds is 3. The Kier molecular flexibility index (Phi) is 4.55. The van der Waals surface area contributed by atoms with Gasteiger partial charge >= 0.3 is 0 Å². The summed E-state index contributed by atoms with van der Waals surface area (Å²) in [6, 6.07) is 8.92. The van der Waals surface area contributed by atoms with Gasteiger partial charge in [0.1, 0.15) is 5.82 Å². The fourth-order valence-corrected chi connectivity index (χ4v) is 2.75. The van der Waals surface area contributed by atoms with Crippen LogP contribution in [0.25, 0.3) is 10.9 Å². The molecule has 0 saturated carbocycles. The number of benzene rings is 2. The molecule has 0 atom stereocenters. The molecule has 3 aromatic rings. The zero-order valence-electron chi connectivity index (χ0n) is 13.6. The van der Waals surface area contributed by atoms with Crippen molar-refractivity contribution in [2.24, 2.45) is 0 Å². The molecule has 1 aromatic heterocycles. The van der Waals surface area contributed by atoms with E-state index < -0.39 is 17.2 Å². The summed E-state index contributed by atoms with van der Waals surface area (Å²) in [6.07, 6.45) is 0. The van der Waals surface area contributed by atoms with E-state index in [-0.39, 0.29) is 11.1 Å². The molecular weight excluding hydrogens is 345 g/mol. The lowest BCUT2D eigenvalue weighted by Gasteiger charge is -2.12. The molecule has 5 nitrogen and oxygen atoms in total. The first-order chi connectivity index (χ1) is 11.9. The van der Waals surface area contributed by atoms with Crippen molar-refractivity contribution in [2.75, 3.05) is 5.32 Å². The maximum Gasteiger partial charge on any atom is 0.280 e. The van der Waals surface area contributed by atoms with Gasteiger partial charge < -0.3 is 5.32 Å². The van der Waals surface area contributed by atoms with Gasteiger partial charge in [-0.15, -0.1) is 0 Å². The van der Waals surface area contributed by atoms with Crippen LogP contribution in [0.3, 0.4) is 0 Å². The molecule has 0 aliphatic heterocycles. The maximum atomic E-state index is 13.5. The van der Waals surface area contributed by atoms with Crippen molar-refractivity contribution in [1.29, 1.82) is 0 Å². The summed E-state index contributed by atoms with van der Waals surface area (Å²) in [6.45, 7) is 4.01. The Bertz CT molecular complexity index is 1050. The topological polar surface area (TPSA) is 64.0 Å². The Morgan fingerprint density at radius 2 is 2.08 bits per heavy atom. The SMILES string of the molecule is CCn1nc(C(=O)Nc2cccc(Cl)c2C)c(=O)c2cc(F)ccc21. The van der Waals surface area contributed by atoms with Crippen LogP contribution in [0.1, 0.15) is 23.0 Å². The lowest BCUT2D eigenvalue weighted by Crippen LogP contribution is -2.27. The van der Waals surface area contributed by atoms with Gasteiger partial charge in [0, 0.05) is 17.3 Å². The van der Waals surface area contributed by atoms with Crippen molar-refractivity contribution >= 4 is 34.1 Å². The summed E-state index contributed by atoms with van der Waals surface area (Å²) in [5, 5.41) is 7.39. The van der Waals surface area contributed by atoms with Crippen LogP contribution in [0.2, 0.25) is 5.02 Å². The molecule has 0 aliphatic rings. The molecule has 0 unspecified atom stereocenters. The van der Waals surface area contributed by atoms with Gasteiger partial charge in [0.25, 0.3) is 5.91 Å². The van der Waals surface area contributed by atoms with Crippen molar-refractivity contribution in [2.45, 2.75) is 20.4 Å². The van der Waals surface area contributed by atoms with Crippen molar-refractivity contribution < 1.29 is 9.18 Å². The van der Waals surface area contributed by atoms with E-state index in [0.717, 1.165) is 6.07 Å². The maximum absolute atomic E-state index is 13.5. The molecule has 0 radical (unpaired) electrons. The predicted octanol–water partition coefficient (Wildman–Crippen LogP) is 3.77. The molecular formula is C18H15ClFN3O2. The molecule has 0 bridgehead atoms. The fraction of sp³-hybridized carbons (Fsp3) is 0.167. The number of halogens is 2. The molecule has 0 saturated heterocycles. The number of aromatic nitrogens is 2. The molecule has 0 aliphatic carbocycles. The quantitative estimate of drug-likeness (QED) is 0.774. The van der Waals surface area contributed by atoms with Crippen LogP contribution in [-0.2, 0) is 6.54 Å². The third-order valence-corrected chi connectivity index (χ3v) is 4.36. The van der Waals surface area contributed by atoms with Crippen molar-refractivity contribution in [3.8, 4) is 0 Å². The number of nitrogens with zero attached hydrogens (tertiary/aromatic N) is 2. The Morgan fingerprint density at radius 1 is 1.32 bits per heavy atom. The molecule has 1 amide bonds. The van der Waals surface area contributed by atoms with E-state index in [1.165, 1.54) is 16.8 Å². The number of fused-ring (bicyclic) bond motifs is 1. The summed E-state index contributed by atoms with van der Waals surface area (Å²) in [4.78, 5) is 25.2. The largest absolute Gasteiger partial charge is 0.320 e. The zero-order chi connectivity index (χ0) is 18.1. The molecule has 1 N–H and O–H groups in total. The summed E-state index contributed by atoms with van der Waals surface area (Å²) in [5.41, 5.74) is 0.737.